The SMILES string of the molecule is Cc1ccc(Cn2cc(C(=O)Nc3cc(-c4cc5cc(C(C)(C)O[Si]C(C)(C)C)ccc5n4C(=O)O)c(=O)n(COCC[Si](C)(C)C)c3)cn2)cc1. The molecule has 0 bridgehead atoms. The van der Waals surface area contributed by atoms with Crippen molar-refractivity contribution < 1.29 is 23.9 Å². The fraction of sp³-hybridized carbons (Fsp3) is 0.385. The van der Waals surface area contributed by atoms with Gasteiger partial charge in [0.15, 0.2) is 0 Å². The number of ether oxygens (including phenoxy) is 1. The number of aromatic nitrogens is 4. The molecule has 1 amide bonds. The molecule has 0 aliphatic heterocycles. The molecule has 0 spiro atoms. The largest absolute Gasteiger partial charge is 0.464 e. The van der Waals surface area contributed by atoms with Gasteiger partial charge in [0.25, 0.3) is 11.5 Å². The molecule has 11 nitrogen and oxygen atoms in total. The first-order chi connectivity index (χ1) is 24.3. The van der Waals surface area contributed by atoms with Gasteiger partial charge >= 0.3 is 6.09 Å². The summed E-state index contributed by atoms with van der Waals surface area (Å²) in [7, 11) is -1.14. The molecular formula is C39H49N5O6Si2. The first kappa shape index (κ1) is 38.7. The van der Waals surface area contributed by atoms with Gasteiger partial charge in [-0.15, -0.1) is 0 Å². The third kappa shape index (κ3) is 9.65. The lowest BCUT2D eigenvalue weighted by atomic mass is 9.97. The summed E-state index contributed by atoms with van der Waals surface area (Å²) in [5, 5.41) is 18.3. The van der Waals surface area contributed by atoms with Crippen LogP contribution in [0.4, 0.5) is 10.5 Å². The second-order valence-electron chi connectivity index (χ2n) is 16.0. The Balaban J connectivity index is 1.52. The first-order valence-corrected chi connectivity index (χ1v) is 22.0. The standard InChI is InChI=1S/C39H49N5O6Si2/c1-26-10-12-27(13-11-26)22-43-23-29(21-40-43)35(45)41-31-20-32(36(46)42(24-31)25-49-16-17-52(7,8)9)34-19-28-18-30(14-15-33(28)44(34)37(47)48)39(5,6)50-51-38(2,3)4/h10-15,18-21,23-24H,16-17,22,25H2,1-9H3,(H,41,45)(H,47,48). The molecule has 52 heavy (non-hydrogen) atoms. The topological polar surface area (TPSA) is 130 Å². The molecule has 13 heteroatoms. The van der Waals surface area contributed by atoms with Gasteiger partial charge in [0.1, 0.15) is 6.73 Å². The molecule has 0 fully saturated rings. The number of hydrogen-bond donors (Lipinski definition) is 2. The molecule has 5 aromatic rings. The number of nitrogens with zero attached hydrogens (tertiary/aromatic N) is 4. The van der Waals surface area contributed by atoms with Crippen LogP contribution in [-0.2, 0) is 28.0 Å². The third-order valence-electron chi connectivity index (χ3n) is 8.51. The Morgan fingerprint density at radius 1 is 0.981 bits per heavy atom. The number of hydrogen-bond acceptors (Lipinski definition) is 6. The molecule has 2 radical (unpaired) electrons. The molecule has 0 aliphatic carbocycles. The zero-order chi connectivity index (χ0) is 38.0. The number of carbonyl (C=O) groups is 2. The average molecular weight is 740 g/mol. The van der Waals surface area contributed by atoms with Crippen LogP contribution in [0.1, 0.15) is 61.7 Å². The maximum absolute atomic E-state index is 14.1. The van der Waals surface area contributed by atoms with Gasteiger partial charge in [-0.2, -0.15) is 5.10 Å². The van der Waals surface area contributed by atoms with Crippen molar-refractivity contribution in [3.8, 4) is 11.3 Å². The van der Waals surface area contributed by atoms with E-state index in [0.29, 0.717) is 35.3 Å². The highest BCUT2D eigenvalue weighted by molar-refractivity contribution is 6.76. The number of fused-ring (bicyclic) bond motifs is 1. The summed E-state index contributed by atoms with van der Waals surface area (Å²) in [4.78, 5) is 40.4. The van der Waals surface area contributed by atoms with Crippen LogP contribution in [-0.4, -0.2) is 60.5 Å². The van der Waals surface area contributed by atoms with E-state index in [1.807, 2.05) is 57.2 Å². The zero-order valence-corrected chi connectivity index (χ0v) is 33.5. The van der Waals surface area contributed by atoms with Gasteiger partial charge in [-0.25, -0.2) is 9.36 Å². The molecule has 3 aromatic heterocycles. The van der Waals surface area contributed by atoms with E-state index in [9.17, 15) is 19.5 Å². The van der Waals surface area contributed by atoms with E-state index in [1.165, 1.54) is 23.0 Å². The van der Waals surface area contributed by atoms with Crippen molar-refractivity contribution in [2.24, 2.45) is 0 Å². The minimum atomic E-state index is -1.39. The van der Waals surface area contributed by atoms with E-state index in [0.717, 1.165) is 27.3 Å². The molecular weight excluding hydrogens is 691 g/mol. The van der Waals surface area contributed by atoms with Gasteiger partial charge in [0.05, 0.1) is 46.4 Å². The molecule has 5 rings (SSSR count). The van der Waals surface area contributed by atoms with Crippen LogP contribution in [0.2, 0.25) is 30.7 Å². The number of carboxylic acid groups (broad SMARTS) is 1. The molecule has 0 unspecified atom stereocenters. The van der Waals surface area contributed by atoms with Crippen molar-refractivity contribution in [3.63, 3.8) is 0 Å². The lowest BCUT2D eigenvalue weighted by Crippen LogP contribution is -2.27. The van der Waals surface area contributed by atoms with Gasteiger partial charge in [0, 0.05) is 32.5 Å². The number of benzene rings is 2. The third-order valence-corrected chi connectivity index (χ3v) is 11.4. The van der Waals surface area contributed by atoms with Crippen molar-refractivity contribution in [1.82, 2.24) is 18.9 Å². The van der Waals surface area contributed by atoms with Crippen LogP contribution < -0.4 is 10.9 Å². The van der Waals surface area contributed by atoms with E-state index in [1.54, 1.807) is 23.0 Å². The van der Waals surface area contributed by atoms with Crippen LogP contribution in [0.15, 0.2) is 78.0 Å². The Morgan fingerprint density at radius 2 is 1.69 bits per heavy atom. The number of nitrogens with one attached hydrogen (secondary N) is 1. The number of aryl methyl sites for hydroxylation is 1. The summed E-state index contributed by atoms with van der Waals surface area (Å²) in [5.41, 5.74) is 3.35. The van der Waals surface area contributed by atoms with E-state index in [4.69, 9.17) is 9.16 Å². The van der Waals surface area contributed by atoms with Gasteiger partial charge in [0.2, 0.25) is 9.76 Å². The lowest BCUT2D eigenvalue weighted by Gasteiger charge is -2.29. The quantitative estimate of drug-likeness (QED) is 0.0920. The van der Waals surface area contributed by atoms with Crippen LogP contribution >= 0.6 is 0 Å². The lowest BCUT2D eigenvalue weighted by molar-refractivity contribution is 0.0849. The smallest absolute Gasteiger partial charge is 0.416 e. The predicted octanol–water partition coefficient (Wildman–Crippen LogP) is 8.20. The zero-order valence-electron chi connectivity index (χ0n) is 31.5. The van der Waals surface area contributed by atoms with E-state index in [2.05, 4.69) is 50.8 Å². The number of rotatable bonds is 13. The van der Waals surface area contributed by atoms with Gasteiger partial charge in [-0.1, -0.05) is 76.3 Å². The van der Waals surface area contributed by atoms with Gasteiger partial charge < -0.3 is 19.6 Å². The fourth-order valence-corrected chi connectivity index (χ4v) is 6.95. The molecule has 2 aromatic carbocycles. The van der Waals surface area contributed by atoms with E-state index >= 15 is 0 Å². The predicted molar refractivity (Wildman–Crippen MR) is 209 cm³/mol. The molecule has 0 atom stereocenters. The van der Waals surface area contributed by atoms with Crippen molar-refractivity contribution in [2.75, 3.05) is 11.9 Å². The van der Waals surface area contributed by atoms with Crippen molar-refractivity contribution in [3.05, 3.63) is 106 Å². The highest BCUT2D eigenvalue weighted by Crippen LogP contribution is 2.34. The van der Waals surface area contributed by atoms with Gasteiger partial charge in [-0.3, -0.25) is 18.8 Å². The second kappa shape index (κ2) is 15.2. The Kier molecular flexibility index (Phi) is 11.3. The molecule has 3 heterocycles. The maximum Gasteiger partial charge on any atom is 0.416 e. The maximum atomic E-state index is 14.1. The van der Waals surface area contributed by atoms with Crippen LogP contribution in [0.5, 0.6) is 0 Å². The molecule has 0 aliphatic rings. The van der Waals surface area contributed by atoms with E-state index < -0.39 is 31.2 Å². The van der Waals surface area contributed by atoms with Crippen molar-refractivity contribution >= 4 is 46.4 Å². The Hall–Kier alpha value is -4.57. The minimum absolute atomic E-state index is 0.0121. The number of anilines is 1. The summed E-state index contributed by atoms with van der Waals surface area (Å²) in [6, 6.07) is 17.7. The number of pyridine rings is 1. The van der Waals surface area contributed by atoms with Crippen LogP contribution in [0, 0.1) is 6.92 Å². The Morgan fingerprint density at radius 3 is 2.35 bits per heavy atom. The van der Waals surface area contributed by atoms with Gasteiger partial charge in [-0.05, 0) is 67.2 Å². The Bertz CT molecular complexity index is 2140. The van der Waals surface area contributed by atoms with Crippen molar-refractivity contribution in [2.45, 2.75) is 91.1 Å². The fourth-order valence-electron chi connectivity index (χ4n) is 5.51. The summed E-state index contributed by atoms with van der Waals surface area (Å²) in [6.07, 6.45) is 3.44. The Labute approximate surface area is 308 Å². The summed E-state index contributed by atoms with van der Waals surface area (Å²) in [6.45, 7) is 20.0. The number of carbonyl (C=O) groups excluding carboxylic acids is 1. The summed E-state index contributed by atoms with van der Waals surface area (Å²) < 4.78 is 16.4. The summed E-state index contributed by atoms with van der Waals surface area (Å²) in [5.74, 6) is -0.424. The van der Waals surface area contributed by atoms with Crippen LogP contribution in [0.3, 0.4) is 0 Å². The highest BCUT2D eigenvalue weighted by atomic mass is 28.3. The van der Waals surface area contributed by atoms with E-state index in [-0.39, 0.29) is 32.8 Å². The average Bonchev–Trinajstić information content (AvgIpc) is 3.68. The second-order valence-corrected chi connectivity index (χ2v) is 23.5. The summed E-state index contributed by atoms with van der Waals surface area (Å²) >= 11 is 0. The normalized spacial score (nSPS) is 12.4. The molecule has 274 valence electrons. The number of amides is 1. The van der Waals surface area contributed by atoms with Crippen molar-refractivity contribution in [1.29, 1.82) is 0 Å². The minimum Gasteiger partial charge on any atom is -0.464 e. The molecule has 0 saturated carbocycles. The monoisotopic (exact) mass is 739 g/mol. The molecule has 0 saturated heterocycles. The van der Waals surface area contributed by atoms with Crippen LogP contribution in [0.25, 0.3) is 22.2 Å². The highest BCUT2D eigenvalue weighted by Gasteiger charge is 2.27. The first-order valence-electron chi connectivity index (χ1n) is 17.4. The molecule has 2 N–H and O–H groups in total.